The highest BCUT2D eigenvalue weighted by Gasteiger charge is 2.46. The third-order valence-corrected chi connectivity index (χ3v) is 13.3. The number of rotatable bonds is 2. The highest BCUT2D eigenvalue weighted by atomic mass is 16.5. The number of ether oxygens (including phenoxy) is 1. The van der Waals surface area contributed by atoms with Crippen LogP contribution in [0, 0.1) is 0 Å². The number of hydrogen-bond acceptors (Lipinski definition) is 2. The monoisotopic (exact) mass is 641 g/mol. The lowest BCUT2D eigenvalue weighted by molar-refractivity contribution is 0.162. The fraction of sp³-hybridized carbons (Fsp3) is 0.362. The molecule has 2 nitrogen and oxygen atoms in total. The summed E-state index contributed by atoms with van der Waals surface area (Å²) in [5.74, 6) is 2.13. The summed E-state index contributed by atoms with van der Waals surface area (Å²) in [6, 6.07) is 34.4. The van der Waals surface area contributed by atoms with Crippen LogP contribution in [0.1, 0.15) is 117 Å². The topological polar surface area (TPSA) is 12.5 Å². The van der Waals surface area contributed by atoms with Crippen molar-refractivity contribution in [1.29, 1.82) is 0 Å². The fourth-order valence-corrected chi connectivity index (χ4v) is 10.5. The Kier molecular flexibility index (Phi) is 6.26. The van der Waals surface area contributed by atoms with Crippen molar-refractivity contribution in [2.24, 2.45) is 0 Å². The van der Waals surface area contributed by atoms with Crippen molar-refractivity contribution >= 4 is 22.5 Å². The summed E-state index contributed by atoms with van der Waals surface area (Å²) in [6.07, 6.45) is 12.4. The zero-order valence-corrected chi connectivity index (χ0v) is 29.5. The quantitative estimate of drug-likeness (QED) is 0.190. The predicted molar refractivity (Wildman–Crippen MR) is 204 cm³/mol. The Labute approximate surface area is 291 Å². The molecule has 5 aliphatic rings. The first-order valence-electron chi connectivity index (χ1n) is 18.8. The lowest BCUT2D eigenvalue weighted by Crippen LogP contribution is -2.45. The Hall–Kier alpha value is -4.30. The van der Waals surface area contributed by atoms with Gasteiger partial charge in [-0.15, -0.1) is 0 Å². The highest BCUT2D eigenvalue weighted by molar-refractivity contribution is 6.06. The molecule has 49 heavy (non-hydrogen) atoms. The number of fused-ring (bicyclic) bond motifs is 11. The van der Waals surface area contributed by atoms with E-state index in [0.29, 0.717) is 11.8 Å². The first kappa shape index (κ1) is 29.6. The summed E-state index contributed by atoms with van der Waals surface area (Å²) in [6.45, 7) is 12.1. The van der Waals surface area contributed by atoms with Crippen LogP contribution < -0.4 is 9.64 Å². The van der Waals surface area contributed by atoms with E-state index >= 15 is 0 Å². The van der Waals surface area contributed by atoms with Crippen LogP contribution in [0.4, 0.5) is 5.69 Å². The average molecular weight is 642 g/mol. The molecule has 0 bridgehead atoms. The molecule has 3 atom stereocenters. The Bertz CT molecular complexity index is 2150. The van der Waals surface area contributed by atoms with Crippen molar-refractivity contribution in [1.82, 2.24) is 0 Å². The zero-order chi connectivity index (χ0) is 33.1. The summed E-state index contributed by atoms with van der Waals surface area (Å²) in [5.41, 5.74) is 13.6. The normalized spacial score (nSPS) is 25.3. The minimum absolute atomic E-state index is 0.0906. The van der Waals surface area contributed by atoms with Gasteiger partial charge in [0.2, 0.25) is 0 Å². The van der Waals surface area contributed by atoms with E-state index in [1.54, 1.807) is 5.56 Å². The largest absolute Gasteiger partial charge is 0.472 e. The van der Waals surface area contributed by atoms with Gasteiger partial charge in [-0.25, -0.2) is 0 Å². The molecule has 0 saturated heterocycles. The molecule has 3 heterocycles. The van der Waals surface area contributed by atoms with Gasteiger partial charge in [0.1, 0.15) is 5.75 Å². The van der Waals surface area contributed by atoms with Gasteiger partial charge in [0.25, 0.3) is 0 Å². The molecule has 246 valence electrons. The maximum absolute atomic E-state index is 7.81. The number of nitrogens with zero attached hydrogens (tertiary/aromatic N) is 1. The molecule has 0 N–H and O–H groups in total. The van der Waals surface area contributed by atoms with Crippen LogP contribution >= 0.6 is 0 Å². The van der Waals surface area contributed by atoms with Gasteiger partial charge in [-0.3, -0.25) is 0 Å². The summed E-state index contributed by atoms with van der Waals surface area (Å²) in [4.78, 5) is 2.67. The van der Waals surface area contributed by atoms with Gasteiger partial charge in [0.05, 0.1) is 0 Å². The van der Waals surface area contributed by atoms with Crippen molar-refractivity contribution in [2.45, 2.75) is 94.5 Å². The van der Waals surface area contributed by atoms with Gasteiger partial charge in [-0.2, -0.15) is 0 Å². The molecule has 1 fully saturated rings. The van der Waals surface area contributed by atoms with Crippen LogP contribution in [0.25, 0.3) is 28.0 Å². The van der Waals surface area contributed by atoms with Crippen molar-refractivity contribution in [3.05, 3.63) is 136 Å². The molecule has 10 rings (SSSR count). The summed E-state index contributed by atoms with van der Waals surface area (Å²) in [7, 11) is 0. The summed E-state index contributed by atoms with van der Waals surface area (Å²) in [5, 5.41) is 2.54. The van der Waals surface area contributed by atoms with Crippen LogP contribution in [0.2, 0.25) is 0 Å². The van der Waals surface area contributed by atoms with Crippen LogP contribution in [-0.2, 0) is 16.4 Å². The Balaban J connectivity index is 1.27. The molecule has 2 aliphatic carbocycles. The fourth-order valence-electron chi connectivity index (χ4n) is 10.5. The molecule has 3 unspecified atom stereocenters. The van der Waals surface area contributed by atoms with E-state index in [1.807, 2.05) is 0 Å². The van der Waals surface area contributed by atoms with Crippen LogP contribution in [0.5, 0.6) is 5.75 Å². The van der Waals surface area contributed by atoms with Crippen LogP contribution in [-0.4, -0.2) is 13.1 Å². The Morgan fingerprint density at radius 3 is 2.04 bits per heavy atom. The SMILES string of the molecule is CC1(C)CCN2CCC(C)(C)c3cc(C4(c5ccccc5)C=Cc5c6c(c7ccccc7c5O4)-c4ccccc4C4CCCCC64)cc1c32. The Morgan fingerprint density at radius 1 is 0.673 bits per heavy atom. The van der Waals surface area contributed by atoms with E-state index in [-0.39, 0.29) is 10.8 Å². The minimum Gasteiger partial charge on any atom is -0.472 e. The average Bonchev–Trinajstić information content (AvgIpc) is 3.14. The second-order valence-corrected chi connectivity index (χ2v) is 16.9. The van der Waals surface area contributed by atoms with Crippen molar-refractivity contribution in [3.63, 3.8) is 0 Å². The molecule has 0 radical (unpaired) electrons. The molecule has 0 spiro atoms. The minimum atomic E-state index is -0.749. The maximum atomic E-state index is 7.81. The van der Waals surface area contributed by atoms with Crippen LogP contribution in [0.3, 0.4) is 0 Å². The molecule has 3 aliphatic heterocycles. The molecular formula is C47H47NO. The van der Waals surface area contributed by atoms with Gasteiger partial charge >= 0.3 is 0 Å². The van der Waals surface area contributed by atoms with E-state index in [0.717, 1.165) is 18.8 Å². The summed E-state index contributed by atoms with van der Waals surface area (Å²) < 4.78 is 7.81. The van der Waals surface area contributed by atoms with E-state index in [2.05, 4.69) is 136 Å². The first-order valence-corrected chi connectivity index (χ1v) is 18.8. The molecule has 0 aromatic heterocycles. The second-order valence-electron chi connectivity index (χ2n) is 16.9. The van der Waals surface area contributed by atoms with E-state index in [4.69, 9.17) is 4.74 Å². The predicted octanol–water partition coefficient (Wildman–Crippen LogP) is 11.8. The van der Waals surface area contributed by atoms with Gasteiger partial charge in [-0.1, -0.05) is 125 Å². The molecule has 1 saturated carbocycles. The molecular weight excluding hydrogens is 595 g/mol. The van der Waals surface area contributed by atoms with Gasteiger partial charge < -0.3 is 9.64 Å². The third kappa shape index (κ3) is 4.13. The van der Waals surface area contributed by atoms with E-state index < -0.39 is 5.60 Å². The lowest BCUT2D eigenvalue weighted by atomic mass is 9.63. The number of anilines is 1. The number of benzene rings is 5. The smallest absolute Gasteiger partial charge is 0.178 e. The zero-order valence-electron chi connectivity index (χ0n) is 29.5. The van der Waals surface area contributed by atoms with E-state index in [9.17, 15) is 0 Å². The highest BCUT2D eigenvalue weighted by Crippen LogP contribution is 2.60. The van der Waals surface area contributed by atoms with Gasteiger partial charge in [0, 0.05) is 40.9 Å². The maximum Gasteiger partial charge on any atom is 0.178 e. The molecule has 5 aromatic carbocycles. The van der Waals surface area contributed by atoms with Crippen molar-refractivity contribution < 1.29 is 4.74 Å². The lowest BCUT2D eigenvalue weighted by Gasteiger charge is -2.49. The Morgan fingerprint density at radius 2 is 1.31 bits per heavy atom. The van der Waals surface area contributed by atoms with Gasteiger partial charge in [-0.05, 0) is 105 Å². The van der Waals surface area contributed by atoms with Crippen molar-refractivity contribution in [3.8, 4) is 16.9 Å². The van der Waals surface area contributed by atoms with Gasteiger partial charge in [0.15, 0.2) is 5.60 Å². The third-order valence-electron chi connectivity index (χ3n) is 13.3. The van der Waals surface area contributed by atoms with Crippen LogP contribution in [0.15, 0.2) is 97.1 Å². The second kappa shape index (κ2) is 10.4. The van der Waals surface area contributed by atoms with Crippen molar-refractivity contribution in [2.75, 3.05) is 18.0 Å². The molecule has 5 aromatic rings. The standard InChI is InChI=1S/C47H47NO/c1-45(2)24-26-48-27-25-46(3,4)40-29-31(28-39(45)43(40)48)47(30-14-6-5-7-15-30)23-22-38-42-35-19-11-9-17-33(35)32-16-8-10-18-34(32)41(42)36-20-12-13-21-37(36)44(38)49-47/h5-8,10,12-16,18,20-23,28-29,33,35H,9,11,17,19,24-27H2,1-4H3. The first-order chi connectivity index (χ1) is 23.8. The number of hydrogen-bond donors (Lipinski definition) is 0. The summed E-state index contributed by atoms with van der Waals surface area (Å²) >= 11 is 0. The molecule has 2 heteroatoms. The molecule has 0 amide bonds. The van der Waals surface area contributed by atoms with E-state index in [1.165, 1.54) is 99.5 Å².